The molecule has 1 aliphatic heterocycles. The second-order valence-electron chi connectivity index (χ2n) is 7.06. The van der Waals surface area contributed by atoms with Crippen LogP contribution in [0.2, 0.25) is 0 Å². The number of anilines is 1. The standard InChI is InChI=1S/C21H24N2O5S/c1-15-8-9-17(12-16(15)2)21(25)28-14-20(24)22-18-6-5-7-19(13-18)29(26,27)23-10-3-4-11-23/h5-9,12-13H,3-4,10-11,14H2,1-2H3,(H,22,24). The van der Waals surface area contributed by atoms with Crippen molar-refractivity contribution in [2.45, 2.75) is 31.6 Å². The Hall–Kier alpha value is -2.71. The minimum Gasteiger partial charge on any atom is -0.452 e. The Bertz CT molecular complexity index is 1030. The molecule has 0 aliphatic carbocycles. The Balaban J connectivity index is 1.60. The van der Waals surface area contributed by atoms with E-state index in [4.69, 9.17) is 4.74 Å². The topological polar surface area (TPSA) is 92.8 Å². The van der Waals surface area contributed by atoms with Crippen LogP contribution in [0.4, 0.5) is 5.69 Å². The molecule has 0 radical (unpaired) electrons. The smallest absolute Gasteiger partial charge is 0.338 e. The minimum atomic E-state index is -3.57. The van der Waals surface area contributed by atoms with E-state index in [2.05, 4.69) is 5.32 Å². The predicted octanol–water partition coefficient (Wildman–Crippen LogP) is 2.88. The predicted molar refractivity (Wildman–Crippen MR) is 109 cm³/mol. The lowest BCUT2D eigenvalue weighted by atomic mass is 10.1. The van der Waals surface area contributed by atoms with Crippen molar-refractivity contribution >= 4 is 27.6 Å². The van der Waals surface area contributed by atoms with Gasteiger partial charge in [-0.1, -0.05) is 12.1 Å². The number of carbonyl (C=O) groups is 2. The van der Waals surface area contributed by atoms with Gasteiger partial charge in [-0.05, 0) is 68.1 Å². The maximum atomic E-state index is 12.6. The van der Waals surface area contributed by atoms with Crippen molar-refractivity contribution in [1.29, 1.82) is 0 Å². The summed E-state index contributed by atoms with van der Waals surface area (Å²) in [6.07, 6.45) is 1.70. The highest BCUT2D eigenvalue weighted by molar-refractivity contribution is 7.89. The van der Waals surface area contributed by atoms with Crippen molar-refractivity contribution in [1.82, 2.24) is 4.31 Å². The summed E-state index contributed by atoms with van der Waals surface area (Å²) in [7, 11) is -3.57. The third-order valence-corrected chi connectivity index (χ3v) is 6.79. The van der Waals surface area contributed by atoms with Gasteiger partial charge < -0.3 is 10.1 Å². The number of amides is 1. The van der Waals surface area contributed by atoms with E-state index < -0.39 is 28.5 Å². The number of nitrogens with zero attached hydrogens (tertiary/aromatic N) is 1. The number of nitrogens with one attached hydrogen (secondary N) is 1. The number of hydrogen-bond acceptors (Lipinski definition) is 5. The molecule has 2 aromatic rings. The fourth-order valence-electron chi connectivity index (χ4n) is 3.09. The Morgan fingerprint density at radius 1 is 1.03 bits per heavy atom. The Labute approximate surface area is 170 Å². The van der Waals surface area contributed by atoms with Crippen LogP contribution in [0.15, 0.2) is 47.4 Å². The highest BCUT2D eigenvalue weighted by Gasteiger charge is 2.27. The number of aryl methyl sites for hydroxylation is 2. The molecule has 1 saturated heterocycles. The van der Waals surface area contributed by atoms with E-state index in [0.29, 0.717) is 24.3 Å². The molecule has 1 fully saturated rings. The maximum absolute atomic E-state index is 12.6. The van der Waals surface area contributed by atoms with Gasteiger partial charge in [0.05, 0.1) is 10.5 Å². The van der Waals surface area contributed by atoms with Gasteiger partial charge in [-0.3, -0.25) is 4.79 Å². The average Bonchev–Trinajstić information content (AvgIpc) is 3.24. The van der Waals surface area contributed by atoms with Crippen molar-refractivity contribution in [2.75, 3.05) is 25.0 Å². The summed E-state index contributed by atoms with van der Waals surface area (Å²) in [5.41, 5.74) is 2.72. The van der Waals surface area contributed by atoms with E-state index in [1.54, 1.807) is 24.3 Å². The van der Waals surface area contributed by atoms with E-state index in [1.165, 1.54) is 16.4 Å². The van der Waals surface area contributed by atoms with Crippen LogP contribution in [0, 0.1) is 13.8 Å². The highest BCUT2D eigenvalue weighted by atomic mass is 32.2. The summed E-state index contributed by atoms with van der Waals surface area (Å²) in [6, 6.07) is 11.3. The first kappa shape index (κ1) is 21.0. The van der Waals surface area contributed by atoms with Gasteiger partial charge in [0.1, 0.15) is 0 Å². The lowest BCUT2D eigenvalue weighted by Crippen LogP contribution is -2.28. The van der Waals surface area contributed by atoms with E-state index in [1.807, 2.05) is 19.9 Å². The van der Waals surface area contributed by atoms with Crippen LogP contribution in [-0.4, -0.2) is 44.3 Å². The number of rotatable bonds is 6. The maximum Gasteiger partial charge on any atom is 0.338 e. The highest BCUT2D eigenvalue weighted by Crippen LogP contribution is 2.23. The van der Waals surface area contributed by atoms with Crippen molar-refractivity contribution < 1.29 is 22.7 Å². The lowest BCUT2D eigenvalue weighted by molar-refractivity contribution is -0.119. The normalized spacial score (nSPS) is 14.6. The summed E-state index contributed by atoms with van der Waals surface area (Å²) in [5, 5.41) is 2.57. The fraction of sp³-hybridized carbons (Fsp3) is 0.333. The van der Waals surface area contributed by atoms with Crippen molar-refractivity contribution in [2.24, 2.45) is 0 Å². The molecule has 0 saturated carbocycles. The van der Waals surface area contributed by atoms with Gasteiger partial charge in [-0.15, -0.1) is 0 Å². The Morgan fingerprint density at radius 2 is 1.76 bits per heavy atom. The second kappa shape index (κ2) is 8.75. The van der Waals surface area contributed by atoms with E-state index in [9.17, 15) is 18.0 Å². The van der Waals surface area contributed by atoms with Crippen LogP contribution < -0.4 is 5.32 Å². The first-order valence-electron chi connectivity index (χ1n) is 9.42. The molecular formula is C21H24N2O5S. The summed E-state index contributed by atoms with van der Waals surface area (Å²) in [5.74, 6) is -1.13. The molecule has 154 valence electrons. The van der Waals surface area contributed by atoms with Gasteiger partial charge in [0, 0.05) is 18.8 Å². The molecule has 3 rings (SSSR count). The summed E-state index contributed by atoms with van der Waals surface area (Å²) in [4.78, 5) is 24.4. The molecule has 0 spiro atoms. The number of carbonyl (C=O) groups excluding carboxylic acids is 2. The third-order valence-electron chi connectivity index (χ3n) is 4.90. The first-order chi connectivity index (χ1) is 13.8. The van der Waals surface area contributed by atoms with Gasteiger partial charge in [0.2, 0.25) is 10.0 Å². The molecule has 0 atom stereocenters. The van der Waals surface area contributed by atoms with Gasteiger partial charge >= 0.3 is 5.97 Å². The SMILES string of the molecule is Cc1ccc(C(=O)OCC(=O)Nc2cccc(S(=O)(=O)N3CCCC3)c2)cc1C. The van der Waals surface area contributed by atoms with Crippen LogP contribution in [-0.2, 0) is 19.6 Å². The van der Waals surface area contributed by atoms with Gasteiger partial charge in [0.15, 0.2) is 6.61 Å². The van der Waals surface area contributed by atoms with E-state index in [-0.39, 0.29) is 4.90 Å². The molecule has 29 heavy (non-hydrogen) atoms. The molecule has 1 N–H and O–H groups in total. The zero-order chi connectivity index (χ0) is 21.0. The molecule has 1 amide bonds. The summed E-state index contributed by atoms with van der Waals surface area (Å²) < 4.78 is 31.8. The molecule has 7 nitrogen and oxygen atoms in total. The minimum absolute atomic E-state index is 0.129. The molecule has 8 heteroatoms. The van der Waals surface area contributed by atoms with Crippen molar-refractivity contribution in [3.8, 4) is 0 Å². The van der Waals surface area contributed by atoms with Crippen molar-refractivity contribution in [3.05, 3.63) is 59.2 Å². The second-order valence-corrected chi connectivity index (χ2v) is 9.00. The molecule has 2 aromatic carbocycles. The van der Waals surface area contributed by atoms with E-state index >= 15 is 0 Å². The molecule has 0 unspecified atom stereocenters. The zero-order valence-electron chi connectivity index (χ0n) is 16.5. The monoisotopic (exact) mass is 416 g/mol. The average molecular weight is 416 g/mol. The van der Waals surface area contributed by atoms with Crippen LogP contribution in [0.3, 0.4) is 0 Å². The fourth-order valence-corrected chi connectivity index (χ4v) is 4.66. The molecule has 1 aliphatic rings. The first-order valence-corrected chi connectivity index (χ1v) is 10.9. The number of sulfonamides is 1. The number of esters is 1. The number of benzene rings is 2. The van der Waals surface area contributed by atoms with Crippen molar-refractivity contribution in [3.63, 3.8) is 0 Å². The Morgan fingerprint density at radius 3 is 2.45 bits per heavy atom. The molecule has 0 aromatic heterocycles. The third kappa shape index (κ3) is 5.02. The van der Waals surface area contributed by atoms with E-state index in [0.717, 1.165) is 24.0 Å². The van der Waals surface area contributed by atoms with Crippen LogP contribution in [0.5, 0.6) is 0 Å². The largest absolute Gasteiger partial charge is 0.452 e. The van der Waals surface area contributed by atoms with Crippen LogP contribution in [0.1, 0.15) is 34.3 Å². The van der Waals surface area contributed by atoms with Gasteiger partial charge in [-0.2, -0.15) is 4.31 Å². The lowest BCUT2D eigenvalue weighted by Gasteiger charge is -2.16. The quantitative estimate of drug-likeness (QED) is 0.731. The molecule has 1 heterocycles. The van der Waals surface area contributed by atoms with Gasteiger partial charge in [0.25, 0.3) is 5.91 Å². The zero-order valence-corrected chi connectivity index (χ0v) is 17.3. The van der Waals surface area contributed by atoms with Crippen LogP contribution in [0.25, 0.3) is 0 Å². The number of hydrogen-bond donors (Lipinski definition) is 1. The summed E-state index contributed by atoms with van der Waals surface area (Å²) >= 11 is 0. The summed E-state index contributed by atoms with van der Waals surface area (Å²) in [6.45, 7) is 4.38. The molecule has 0 bridgehead atoms. The number of ether oxygens (including phenoxy) is 1. The molecular weight excluding hydrogens is 392 g/mol. The van der Waals surface area contributed by atoms with Gasteiger partial charge in [-0.25, -0.2) is 13.2 Å². The van der Waals surface area contributed by atoms with Crippen LogP contribution >= 0.6 is 0 Å². The Kier molecular flexibility index (Phi) is 6.34.